The van der Waals surface area contributed by atoms with E-state index in [4.69, 9.17) is 44.9 Å². The van der Waals surface area contributed by atoms with Gasteiger partial charge in [-0.25, -0.2) is 18.7 Å². The second kappa shape index (κ2) is 13.7. The third kappa shape index (κ3) is 9.84. The van der Waals surface area contributed by atoms with Gasteiger partial charge in [-0.1, -0.05) is 0 Å². The molecule has 1 fully saturated rings. The summed E-state index contributed by atoms with van der Waals surface area (Å²) in [6.07, 6.45) is -13.6. The van der Waals surface area contributed by atoms with Crippen molar-refractivity contribution in [3.05, 3.63) is 33.1 Å². The second-order valence-corrected chi connectivity index (χ2v) is 10.1. The molecule has 1 aromatic rings. The number of nitrogens with one attached hydrogen (secondary N) is 1. The number of rotatable bonds is 11. The largest absolute Gasteiger partial charge is 0.481 e. The normalized spacial score (nSPS) is 26.2. The molecule has 0 saturated carbocycles. The van der Waals surface area contributed by atoms with Gasteiger partial charge in [0.15, 0.2) is 18.6 Å². The molecule has 1 saturated heterocycles. The maximum absolute atomic E-state index is 11.7. The number of aliphatic carboxylic acids is 1. The van der Waals surface area contributed by atoms with Crippen LogP contribution in [0.15, 0.2) is 21.9 Å². The van der Waals surface area contributed by atoms with E-state index in [-0.39, 0.29) is 6.29 Å². The number of carbonyl (C=O) groups excluding carboxylic acids is 1. The van der Waals surface area contributed by atoms with Crippen LogP contribution in [0.2, 0.25) is 0 Å². The number of aromatic amines is 1. The highest BCUT2D eigenvalue weighted by Gasteiger charge is 2.45. The molecule has 0 amide bonds. The summed E-state index contributed by atoms with van der Waals surface area (Å²) in [4.78, 5) is 70.6. The average molecular weight is 598 g/mol. The lowest BCUT2D eigenvalue weighted by atomic mass is 10.0. The van der Waals surface area contributed by atoms with Crippen LogP contribution in [0.25, 0.3) is 0 Å². The molecule has 23 heteroatoms. The van der Waals surface area contributed by atoms with Crippen molar-refractivity contribution in [2.45, 2.75) is 49.0 Å². The monoisotopic (exact) mass is 598 g/mol. The highest BCUT2D eigenvalue weighted by atomic mass is 31.3. The predicted molar refractivity (Wildman–Crippen MR) is 114 cm³/mol. The minimum Gasteiger partial charge on any atom is -0.479 e. The first kappa shape index (κ1) is 33.8. The average Bonchev–Trinajstić information content (AvgIpc) is 3.08. The summed E-state index contributed by atoms with van der Waals surface area (Å²) in [5.41, 5.74) is -1.65. The smallest absolute Gasteiger partial charge is 0.479 e. The summed E-state index contributed by atoms with van der Waals surface area (Å²) in [5.74, 6) is -1.76. The highest BCUT2D eigenvalue weighted by Crippen LogP contribution is 2.57. The Bertz CT molecular complexity index is 1160. The Morgan fingerprint density at radius 1 is 1.11 bits per heavy atom. The maximum Gasteiger partial charge on any atom is 0.481 e. The molecule has 1 aromatic heterocycles. The minimum absolute atomic E-state index is 0.0809. The summed E-state index contributed by atoms with van der Waals surface area (Å²) in [5, 5.41) is 63.0. The lowest BCUT2D eigenvalue weighted by Gasteiger charge is -2.21. The van der Waals surface area contributed by atoms with Crippen LogP contribution in [0.4, 0.5) is 0 Å². The molecule has 0 spiro atoms. The van der Waals surface area contributed by atoms with Crippen molar-refractivity contribution in [2.24, 2.45) is 0 Å². The fraction of sp³-hybridized carbons (Fsp3) is 0.600. The Morgan fingerprint density at radius 3 is 2.16 bits per heavy atom. The van der Waals surface area contributed by atoms with Crippen LogP contribution in [-0.2, 0) is 32.3 Å². The van der Waals surface area contributed by atoms with E-state index < -0.39 is 88.4 Å². The van der Waals surface area contributed by atoms with E-state index in [1.54, 1.807) is 0 Å². The van der Waals surface area contributed by atoms with Crippen LogP contribution >= 0.6 is 15.6 Å². The van der Waals surface area contributed by atoms with Gasteiger partial charge in [0.2, 0.25) is 0 Å². The fourth-order valence-corrected chi connectivity index (χ4v) is 4.26. The van der Waals surface area contributed by atoms with Gasteiger partial charge in [-0.05, 0) is 0 Å². The molecule has 38 heavy (non-hydrogen) atoms. The number of aliphatic hydroxyl groups excluding tert-OH is 6. The van der Waals surface area contributed by atoms with Crippen LogP contribution in [0.5, 0.6) is 0 Å². The van der Waals surface area contributed by atoms with Gasteiger partial charge < -0.3 is 60.0 Å². The third-order valence-electron chi connectivity index (χ3n) is 4.49. The van der Waals surface area contributed by atoms with Gasteiger partial charge in [0, 0.05) is 12.3 Å². The molecule has 9 unspecified atom stereocenters. The molecule has 2 heterocycles. The van der Waals surface area contributed by atoms with Crippen LogP contribution in [0.1, 0.15) is 6.23 Å². The number of aromatic nitrogens is 2. The number of nitrogens with zero attached hydrogens (tertiary/aromatic N) is 1. The Labute approximate surface area is 209 Å². The number of hydrogen-bond acceptors (Lipinski definition) is 15. The van der Waals surface area contributed by atoms with E-state index in [1.165, 1.54) is 0 Å². The summed E-state index contributed by atoms with van der Waals surface area (Å²) >= 11 is 0. The minimum atomic E-state index is -5.32. The molecule has 0 bridgehead atoms. The first-order valence-corrected chi connectivity index (χ1v) is 12.8. The number of carbonyl (C=O) groups is 2. The zero-order valence-electron chi connectivity index (χ0n) is 18.5. The van der Waals surface area contributed by atoms with Crippen molar-refractivity contribution in [1.29, 1.82) is 0 Å². The van der Waals surface area contributed by atoms with Gasteiger partial charge in [-0.15, -0.1) is 0 Å². The number of phosphoric ester groups is 1. The number of H-pyrrole nitrogens is 1. The van der Waals surface area contributed by atoms with Crippen molar-refractivity contribution >= 4 is 27.9 Å². The van der Waals surface area contributed by atoms with Gasteiger partial charge in [0.05, 0.1) is 6.61 Å². The first-order valence-electron chi connectivity index (χ1n) is 9.79. The lowest BCUT2D eigenvalue weighted by Crippen LogP contribution is -2.48. The Balaban J connectivity index is 0.000000471. The van der Waals surface area contributed by atoms with Crippen LogP contribution in [0, 0.1) is 0 Å². The summed E-state index contributed by atoms with van der Waals surface area (Å²) in [6.45, 7) is -0.902. The number of carboxylic acid groups (broad SMARTS) is 1. The fourth-order valence-electron chi connectivity index (χ4n) is 2.67. The van der Waals surface area contributed by atoms with E-state index in [1.807, 2.05) is 4.98 Å². The van der Waals surface area contributed by atoms with E-state index in [0.717, 1.165) is 16.8 Å². The van der Waals surface area contributed by atoms with E-state index in [2.05, 4.69) is 8.83 Å². The Morgan fingerprint density at radius 2 is 1.68 bits per heavy atom. The molecule has 0 aliphatic carbocycles. The van der Waals surface area contributed by atoms with Crippen molar-refractivity contribution in [3.63, 3.8) is 0 Å². The zero-order valence-corrected chi connectivity index (χ0v) is 20.3. The maximum atomic E-state index is 11.7. The number of ether oxygens (including phenoxy) is 1. The summed E-state index contributed by atoms with van der Waals surface area (Å²) in [7, 11) is -10.5. The molecule has 218 valence electrons. The molecule has 0 aromatic carbocycles. The number of phosphoric acid groups is 2. The second-order valence-electron chi connectivity index (χ2n) is 7.29. The Kier molecular flexibility index (Phi) is 12.2. The zero-order chi connectivity index (χ0) is 29.6. The van der Waals surface area contributed by atoms with Crippen molar-refractivity contribution < 1.29 is 82.7 Å². The molecule has 11 N–H and O–H groups in total. The molecule has 1 aliphatic heterocycles. The Hall–Kier alpha value is -2.20. The number of carboxylic acids is 1. The van der Waals surface area contributed by atoms with Gasteiger partial charge in [-0.3, -0.25) is 18.9 Å². The number of aliphatic hydroxyl groups is 6. The SMILES string of the molecule is O=CC(O)C(O)C(O)C(O)C(=O)O.O=c1ccn(C2OC(COP(=O)(O)OP(=O)(O)O)C(O)C2O)c(=O)[nH]1. The number of hydrogen-bond donors (Lipinski definition) is 11. The molecule has 21 nitrogen and oxygen atoms in total. The molecule has 0 radical (unpaired) electrons. The van der Waals surface area contributed by atoms with Gasteiger partial charge in [0.1, 0.15) is 36.6 Å². The van der Waals surface area contributed by atoms with E-state index in [9.17, 15) is 38.5 Å². The van der Waals surface area contributed by atoms with Crippen molar-refractivity contribution in [3.8, 4) is 0 Å². The van der Waals surface area contributed by atoms with Gasteiger partial charge in [-0.2, -0.15) is 4.31 Å². The van der Waals surface area contributed by atoms with Gasteiger partial charge in [0.25, 0.3) is 5.56 Å². The predicted octanol–water partition coefficient (Wildman–Crippen LogP) is -5.90. The van der Waals surface area contributed by atoms with Crippen molar-refractivity contribution in [1.82, 2.24) is 9.55 Å². The summed E-state index contributed by atoms with van der Waals surface area (Å²) < 4.78 is 35.6. The molecular weight excluding hydrogens is 574 g/mol. The van der Waals surface area contributed by atoms with E-state index >= 15 is 0 Å². The highest BCUT2D eigenvalue weighted by molar-refractivity contribution is 7.60. The van der Waals surface area contributed by atoms with E-state index in [0.29, 0.717) is 0 Å². The molecule has 2 rings (SSSR count). The van der Waals surface area contributed by atoms with Crippen LogP contribution < -0.4 is 11.2 Å². The molecule has 1 aliphatic rings. The standard InChI is InChI=1S/C9H14N2O12P2.C6H10O7/c12-5-1-2-11(9(15)10-5)8-7(14)6(13)4(22-8)3-21-25(19,20)23-24(16,17)18;7-1-2(8)3(9)4(10)5(11)6(12)13/h1-2,4,6-8,13-14H,3H2,(H,19,20)(H,10,12,15)(H2,16,17,18);1-5,8-11H,(H,12,13). The molecular formula is C15H24N2O19P2. The quantitative estimate of drug-likeness (QED) is 0.0834. The topological polar surface area (TPSA) is 353 Å². The first-order chi connectivity index (χ1) is 17.3. The van der Waals surface area contributed by atoms with Gasteiger partial charge >= 0.3 is 27.3 Å². The van der Waals surface area contributed by atoms with Crippen molar-refractivity contribution in [2.75, 3.05) is 6.61 Å². The number of aldehydes is 1. The summed E-state index contributed by atoms with van der Waals surface area (Å²) in [6, 6.07) is 0.962. The van der Waals surface area contributed by atoms with Crippen LogP contribution in [-0.4, -0.2) is 122 Å². The lowest BCUT2D eigenvalue weighted by molar-refractivity contribution is -0.163. The van der Waals surface area contributed by atoms with Crippen LogP contribution in [0.3, 0.4) is 0 Å². The third-order valence-corrected chi connectivity index (χ3v) is 6.64. The molecule has 9 atom stereocenters.